The smallest absolute Gasteiger partial charge is 0.330 e. The van der Waals surface area contributed by atoms with Crippen molar-refractivity contribution in [2.24, 2.45) is 5.92 Å². The molecule has 2 nitrogen and oxygen atoms in total. The van der Waals surface area contributed by atoms with E-state index in [1.165, 1.54) is 25.5 Å². The Morgan fingerprint density at radius 2 is 2.42 bits per heavy atom. The number of carbonyl (C=O) groups is 1. The molecule has 0 aromatic heterocycles. The topological polar surface area (TPSA) is 26.3 Å². The van der Waals surface area contributed by atoms with Crippen molar-refractivity contribution in [1.82, 2.24) is 0 Å². The Labute approximate surface area is 73.6 Å². The third-order valence-corrected chi connectivity index (χ3v) is 2.33. The molecule has 1 aliphatic carbocycles. The number of carbonyl (C=O) groups excluding carboxylic acids is 1. The lowest BCUT2D eigenvalue weighted by Crippen LogP contribution is -2.06. The highest BCUT2D eigenvalue weighted by Gasteiger charge is 2.13. The summed E-state index contributed by atoms with van der Waals surface area (Å²) in [5.74, 6) is 0.522. The largest absolute Gasteiger partial charge is 0.466 e. The van der Waals surface area contributed by atoms with E-state index in [4.69, 9.17) is 0 Å². The third-order valence-electron chi connectivity index (χ3n) is 2.33. The summed E-state index contributed by atoms with van der Waals surface area (Å²) in [5.41, 5.74) is 1.25. The van der Waals surface area contributed by atoms with Gasteiger partial charge in [-0.05, 0) is 25.2 Å². The number of esters is 1. The lowest BCUT2D eigenvalue weighted by Gasteiger charge is -2.19. The molecule has 1 fully saturated rings. The fourth-order valence-corrected chi connectivity index (χ4v) is 1.69. The van der Waals surface area contributed by atoms with Gasteiger partial charge in [0.05, 0.1) is 7.11 Å². The van der Waals surface area contributed by atoms with Crippen LogP contribution < -0.4 is 0 Å². The molecule has 0 unspecified atom stereocenters. The van der Waals surface area contributed by atoms with Gasteiger partial charge >= 0.3 is 5.97 Å². The van der Waals surface area contributed by atoms with Crippen molar-refractivity contribution in [2.45, 2.75) is 32.6 Å². The highest BCUT2D eigenvalue weighted by molar-refractivity contribution is 5.82. The van der Waals surface area contributed by atoms with Crippen LogP contribution in [0, 0.1) is 5.92 Å². The molecule has 0 aromatic rings. The van der Waals surface area contributed by atoms with Gasteiger partial charge in [0.25, 0.3) is 0 Å². The number of hydrogen-bond acceptors (Lipinski definition) is 2. The van der Waals surface area contributed by atoms with Gasteiger partial charge in [0.1, 0.15) is 0 Å². The number of ether oxygens (including phenoxy) is 1. The van der Waals surface area contributed by atoms with Crippen molar-refractivity contribution in [3.63, 3.8) is 0 Å². The van der Waals surface area contributed by atoms with Crippen LogP contribution in [0.5, 0.6) is 0 Å². The SMILES string of the molecule is COC(=O)/C=C1\CCC[C@H](C)C1. The summed E-state index contributed by atoms with van der Waals surface area (Å²) in [4.78, 5) is 10.9. The Morgan fingerprint density at radius 1 is 1.67 bits per heavy atom. The molecule has 1 rings (SSSR count). The van der Waals surface area contributed by atoms with Gasteiger partial charge in [-0.25, -0.2) is 4.79 Å². The van der Waals surface area contributed by atoms with Crippen molar-refractivity contribution in [3.8, 4) is 0 Å². The Kier molecular flexibility index (Phi) is 3.32. The van der Waals surface area contributed by atoms with Gasteiger partial charge in [-0.2, -0.15) is 0 Å². The van der Waals surface area contributed by atoms with E-state index in [1.807, 2.05) is 0 Å². The molecule has 0 radical (unpaired) electrons. The molecule has 0 N–H and O–H groups in total. The fourth-order valence-electron chi connectivity index (χ4n) is 1.69. The number of methoxy groups -OCH3 is 1. The fraction of sp³-hybridized carbons (Fsp3) is 0.700. The second kappa shape index (κ2) is 4.29. The van der Waals surface area contributed by atoms with Crippen molar-refractivity contribution in [2.75, 3.05) is 7.11 Å². The van der Waals surface area contributed by atoms with Crippen LogP contribution in [0.4, 0.5) is 0 Å². The first-order valence-corrected chi connectivity index (χ1v) is 4.49. The zero-order valence-electron chi connectivity index (χ0n) is 7.80. The van der Waals surface area contributed by atoms with Crippen LogP contribution >= 0.6 is 0 Å². The number of allylic oxidation sites excluding steroid dienone is 1. The second-order valence-electron chi connectivity index (χ2n) is 3.53. The first-order chi connectivity index (χ1) is 5.72. The van der Waals surface area contributed by atoms with Gasteiger partial charge in [0.2, 0.25) is 0 Å². The molecule has 0 amide bonds. The van der Waals surface area contributed by atoms with E-state index in [9.17, 15) is 4.79 Å². The summed E-state index contributed by atoms with van der Waals surface area (Å²) in [7, 11) is 1.42. The molecule has 2 heteroatoms. The molecular formula is C10H16O2. The summed E-state index contributed by atoms with van der Waals surface area (Å²) in [5, 5.41) is 0. The molecule has 12 heavy (non-hydrogen) atoms. The van der Waals surface area contributed by atoms with Crippen LogP contribution in [0.2, 0.25) is 0 Å². The average molecular weight is 168 g/mol. The van der Waals surface area contributed by atoms with E-state index >= 15 is 0 Å². The quantitative estimate of drug-likeness (QED) is 0.443. The first kappa shape index (κ1) is 9.30. The molecule has 0 saturated heterocycles. The molecule has 0 spiro atoms. The molecule has 68 valence electrons. The highest BCUT2D eigenvalue weighted by atomic mass is 16.5. The van der Waals surface area contributed by atoms with E-state index < -0.39 is 0 Å². The minimum atomic E-state index is -0.209. The summed E-state index contributed by atoms with van der Waals surface area (Å²) in [6.07, 6.45) is 6.28. The third kappa shape index (κ3) is 2.68. The number of hydrogen-bond donors (Lipinski definition) is 0. The monoisotopic (exact) mass is 168 g/mol. The molecule has 0 aromatic carbocycles. The minimum Gasteiger partial charge on any atom is -0.466 e. The van der Waals surface area contributed by atoms with Gasteiger partial charge < -0.3 is 4.74 Å². The maximum Gasteiger partial charge on any atom is 0.330 e. The predicted molar refractivity (Wildman–Crippen MR) is 47.7 cm³/mol. The molecule has 1 atom stereocenters. The van der Waals surface area contributed by atoms with E-state index in [0.29, 0.717) is 0 Å². The molecule has 0 heterocycles. The Morgan fingerprint density at radius 3 is 3.00 bits per heavy atom. The van der Waals surface area contributed by atoms with Gasteiger partial charge in [-0.1, -0.05) is 18.9 Å². The van der Waals surface area contributed by atoms with Crippen molar-refractivity contribution in [3.05, 3.63) is 11.6 Å². The lowest BCUT2D eigenvalue weighted by atomic mass is 9.87. The zero-order valence-corrected chi connectivity index (χ0v) is 7.80. The second-order valence-corrected chi connectivity index (χ2v) is 3.53. The van der Waals surface area contributed by atoms with E-state index in [0.717, 1.165) is 18.8 Å². The zero-order chi connectivity index (χ0) is 8.97. The summed E-state index contributed by atoms with van der Waals surface area (Å²) in [6.45, 7) is 2.23. The van der Waals surface area contributed by atoms with Crippen LogP contribution in [0.25, 0.3) is 0 Å². The summed E-state index contributed by atoms with van der Waals surface area (Å²) in [6, 6.07) is 0. The standard InChI is InChI=1S/C10H16O2/c1-8-4-3-5-9(6-8)7-10(11)12-2/h7-8H,3-6H2,1-2H3/b9-7+/t8-/m0/s1. The van der Waals surface area contributed by atoms with E-state index in [-0.39, 0.29) is 5.97 Å². The summed E-state index contributed by atoms with van der Waals surface area (Å²) < 4.78 is 4.57. The molecular weight excluding hydrogens is 152 g/mol. The molecule has 1 aliphatic rings. The van der Waals surface area contributed by atoms with Crippen LogP contribution in [-0.4, -0.2) is 13.1 Å². The van der Waals surface area contributed by atoms with Gasteiger partial charge in [-0.15, -0.1) is 0 Å². The Hall–Kier alpha value is -0.790. The van der Waals surface area contributed by atoms with E-state index in [2.05, 4.69) is 11.7 Å². The van der Waals surface area contributed by atoms with Crippen LogP contribution in [0.3, 0.4) is 0 Å². The highest BCUT2D eigenvalue weighted by Crippen LogP contribution is 2.27. The molecule has 1 saturated carbocycles. The average Bonchev–Trinajstić information content (AvgIpc) is 2.04. The normalized spacial score (nSPS) is 27.2. The van der Waals surface area contributed by atoms with Crippen molar-refractivity contribution >= 4 is 5.97 Å². The van der Waals surface area contributed by atoms with Gasteiger partial charge in [0, 0.05) is 6.08 Å². The molecule has 0 bridgehead atoms. The van der Waals surface area contributed by atoms with Crippen LogP contribution in [-0.2, 0) is 9.53 Å². The maximum absolute atomic E-state index is 10.9. The Balaban J connectivity index is 2.50. The minimum absolute atomic E-state index is 0.209. The maximum atomic E-state index is 10.9. The lowest BCUT2D eigenvalue weighted by molar-refractivity contribution is -0.134. The van der Waals surface area contributed by atoms with Crippen LogP contribution in [0.1, 0.15) is 32.6 Å². The Bertz CT molecular complexity index is 194. The molecule has 0 aliphatic heterocycles. The van der Waals surface area contributed by atoms with Gasteiger partial charge in [0.15, 0.2) is 0 Å². The van der Waals surface area contributed by atoms with Crippen LogP contribution in [0.15, 0.2) is 11.6 Å². The number of rotatable bonds is 1. The van der Waals surface area contributed by atoms with Crippen molar-refractivity contribution < 1.29 is 9.53 Å². The van der Waals surface area contributed by atoms with Crippen molar-refractivity contribution in [1.29, 1.82) is 0 Å². The van der Waals surface area contributed by atoms with Gasteiger partial charge in [-0.3, -0.25) is 0 Å². The summed E-state index contributed by atoms with van der Waals surface area (Å²) >= 11 is 0. The first-order valence-electron chi connectivity index (χ1n) is 4.49. The van der Waals surface area contributed by atoms with E-state index in [1.54, 1.807) is 6.08 Å². The predicted octanol–water partition coefficient (Wildman–Crippen LogP) is 2.30.